The van der Waals surface area contributed by atoms with E-state index in [-0.39, 0.29) is 0 Å². The van der Waals surface area contributed by atoms with Crippen LogP contribution in [0.4, 0.5) is 0 Å². The van der Waals surface area contributed by atoms with Crippen LogP contribution in [0.25, 0.3) is 10.2 Å². The Morgan fingerprint density at radius 3 is 2.76 bits per heavy atom. The molecule has 1 fully saturated rings. The summed E-state index contributed by atoms with van der Waals surface area (Å²) in [6.07, 6.45) is 1.20. The summed E-state index contributed by atoms with van der Waals surface area (Å²) in [6, 6.07) is 0. The molecule has 0 aromatic carbocycles. The van der Waals surface area contributed by atoms with Gasteiger partial charge < -0.3 is 4.90 Å². The van der Waals surface area contributed by atoms with E-state index in [1.165, 1.54) is 23.4 Å². The summed E-state index contributed by atoms with van der Waals surface area (Å²) in [5.74, 6) is 0.846. The van der Waals surface area contributed by atoms with Gasteiger partial charge in [-0.2, -0.15) is 0 Å². The van der Waals surface area contributed by atoms with Gasteiger partial charge in [0.1, 0.15) is 15.8 Å². The Morgan fingerprint density at radius 2 is 1.95 bits per heavy atom. The van der Waals surface area contributed by atoms with Crippen LogP contribution in [0.2, 0.25) is 5.15 Å². The van der Waals surface area contributed by atoms with E-state index in [2.05, 4.69) is 35.7 Å². The van der Waals surface area contributed by atoms with Crippen molar-refractivity contribution in [1.29, 1.82) is 0 Å². The van der Waals surface area contributed by atoms with Gasteiger partial charge in [0.15, 0.2) is 0 Å². The molecule has 1 aliphatic heterocycles. The second-order valence-electron chi connectivity index (χ2n) is 5.83. The van der Waals surface area contributed by atoms with E-state index in [9.17, 15) is 0 Å². The van der Waals surface area contributed by atoms with Gasteiger partial charge in [-0.05, 0) is 46.0 Å². The SMILES string of the molecule is Cc1sc2nc(CN3CCCN(C)CC3)nc(Cl)c2c1C. The van der Waals surface area contributed by atoms with E-state index < -0.39 is 0 Å². The zero-order valence-corrected chi connectivity index (χ0v) is 14.4. The zero-order chi connectivity index (χ0) is 15.0. The first kappa shape index (κ1) is 15.2. The number of likely N-dealkylation sites (N-methyl/N-ethyl adjacent to an activating group) is 1. The first-order valence-corrected chi connectivity index (χ1v) is 8.57. The highest BCUT2D eigenvalue weighted by Gasteiger charge is 2.17. The van der Waals surface area contributed by atoms with Gasteiger partial charge in [0.25, 0.3) is 0 Å². The fraction of sp³-hybridized carbons (Fsp3) is 0.600. The van der Waals surface area contributed by atoms with Crippen molar-refractivity contribution in [2.24, 2.45) is 0 Å². The van der Waals surface area contributed by atoms with Crippen molar-refractivity contribution in [1.82, 2.24) is 19.8 Å². The predicted molar refractivity (Wildman–Crippen MR) is 89.3 cm³/mol. The highest BCUT2D eigenvalue weighted by molar-refractivity contribution is 7.18. The Hall–Kier alpha value is -0.750. The Kier molecular flexibility index (Phi) is 4.45. The molecular formula is C15H21ClN4S. The summed E-state index contributed by atoms with van der Waals surface area (Å²) >= 11 is 8.09. The molecule has 0 amide bonds. The van der Waals surface area contributed by atoms with E-state index in [4.69, 9.17) is 16.6 Å². The second kappa shape index (κ2) is 6.16. The lowest BCUT2D eigenvalue weighted by molar-refractivity contribution is 0.264. The fourth-order valence-corrected chi connectivity index (χ4v) is 4.20. The highest BCUT2D eigenvalue weighted by Crippen LogP contribution is 2.33. The molecule has 21 heavy (non-hydrogen) atoms. The zero-order valence-electron chi connectivity index (χ0n) is 12.8. The Bertz CT molecular complexity index is 655. The van der Waals surface area contributed by atoms with Crippen LogP contribution >= 0.6 is 22.9 Å². The summed E-state index contributed by atoms with van der Waals surface area (Å²) in [5, 5.41) is 1.63. The molecule has 114 valence electrons. The van der Waals surface area contributed by atoms with Crippen LogP contribution in [0, 0.1) is 13.8 Å². The molecule has 0 spiro atoms. The quantitative estimate of drug-likeness (QED) is 0.795. The van der Waals surface area contributed by atoms with Crippen LogP contribution < -0.4 is 0 Å². The fourth-order valence-electron chi connectivity index (χ4n) is 2.77. The monoisotopic (exact) mass is 324 g/mol. The predicted octanol–water partition coefficient (Wildman–Crippen LogP) is 3.10. The molecule has 3 rings (SSSR count). The van der Waals surface area contributed by atoms with Crippen LogP contribution in [-0.2, 0) is 6.54 Å². The summed E-state index contributed by atoms with van der Waals surface area (Å²) in [4.78, 5) is 16.4. The smallest absolute Gasteiger partial charge is 0.145 e. The van der Waals surface area contributed by atoms with Crippen LogP contribution in [0.5, 0.6) is 0 Å². The third kappa shape index (κ3) is 3.21. The normalized spacial score (nSPS) is 18.3. The van der Waals surface area contributed by atoms with Crippen molar-refractivity contribution >= 4 is 33.2 Å². The van der Waals surface area contributed by atoms with Crippen molar-refractivity contribution in [3.8, 4) is 0 Å². The maximum absolute atomic E-state index is 6.38. The van der Waals surface area contributed by atoms with E-state index in [0.29, 0.717) is 5.15 Å². The molecule has 0 N–H and O–H groups in total. The number of hydrogen-bond donors (Lipinski definition) is 0. The van der Waals surface area contributed by atoms with Crippen molar-refractivity contribution in [2.45, 2.75) is 26.8 Å². The van der Waals surface area contributed by atoms with E-state index >= 15 is 0 Å². The molecule has 1 saturated heterocycles. The number of aryl methyl sites for hydroxylation is 2. The Labute approximate surface area is 134 Å². The average Bonchev–Trinajstić information content (AvgIpc) is 2.59. The summed E-state index contributed by atoms with van der Waals surface area (Å²) in [6.45, 7) is 9.44. The lowest BCUT2D eigenvalue weighted by Crippen LogP contribution is -2.29. The molecule has 4 nitrogen and oxygen atoms in total. The minimum Gasteiger partial charge on any atom is -0.305 e. The van der Waals surface area contributed by atoms with E-state index in [1.54, 1.807) is 11.3 Å². The number of nitrogens with zero attached hydrogens (tertiary/aromatic N) is 4. The summed E-state index contributed by atoms with van der Waals surface area (Å²) < 4.78 is 0. The van der Waals surface area contributed by atoms with Gasteiger partial charge >= 0.3 is 0 Å². The third-order valence-corrected chi connectivity index (χ3v) is 5.58. The number of rotatable bonds is 2. The summed E-state index contributed by atoms with van der Waals surface area (Å²) in [7, 11) is 2.18. The Balaban J connectivity index is 1.84. The van der Waals surface area contributed by atoms with Gasteiger partial charge in [-0.1, -0.05) is 11.6 Å². The topological polar surface area (TPSA) is 32.3 Å². The van der Waals surface area contributed by atoms with Gasteiger partial charge in [-0.3, -0.25) is 4.90 Å². The lowest BCUT2D eigenvalue weighted by atomic mass is 10.2. The minimum atomic E-state index is 0.601. The number of aromatic nitrogens is 2. The first-order chi connectivity index (χ1) is 10.0. The van der Waals surface area contributed by atoms with Crippen LogP contribution in [0.15, 0.2) is 0 Å². The third-order valence-electron chi connectivity index (χ3n) is 4.21. The minimum absolute atomic E-state index is 0.601. The molecule has 2 aromatic rings. The molecule has 0 aliphatic carbocycles. The molecule has 0 unspecified atom stereocenters. The molecule has 0 saturated carbocycles. The molecule has 0 atom stereocenters. The lowest BCUT2D eigenvalue weighted by Gasteiger charge is -2.19. The van der Waals surface area contributed by atoms with Gasteiger partial charge in [0, 0.05) is 18.0 Å². The van der Waals surface area contributed by atoms with Crippen LogP contribution in [-0.4, -0.2) is 53.0 Å². The van der Waals surface area contributed by atoms with E-state index in [1.807, 2.05) is 0 Å². The van der Waals surface area contributed by atoms with Gasteiger partial charge in [-0.15, -0.1) is 11.3 Å². The van der Waals surface area contributed by atoms with Crippen molar-refractivity contribution in [2.75, 3.05) is 33.2 Å². The molecule has 6 heteroatoms. The number of hydrogen-bond acceptors (Lipinski definition) is 5. The van der Waals surface area contributed by atoms with Crippen LogP contribution in [0.1, 0.15) is 22.7 Å². The van der Waals surface area contributed by atoms with Gasteiger partial charge in [0.05, 0.1) is 11.9 Å². The molecule has 2 aromatic heterocycles. The Morgan fingerprint density at radius 1 is 1.14 bits per heavy atom. The number of fused-ring (bicyclic) bond motifs is 1. The molecular weight excluding hydrogens is 304 g/mol. The van der Waals surface area contributed by atoms with Crippen molar-refractivity contribution < 1.29 is 0 Å². The van der Waals surface area contributed by atoms with Gasteiger partial charge in [0.2, 0.25) is 0 Å². The standard InChI is InChI=1S/C15H21ClN4S/c1-10-11(2)21-15-13(10)14(16)17-12(18-15)9-20-6-4-5-19(3)7-8-20/h4-9H2,1-3H3. The number of thiophene rings is 1. The highest BCUT2D eigenvalue weighted by atomic mass is 35.5. The van der Waals surface area contributed by atoms with Crippen molar-refractivity contribution in [3.63, 3.8) is 0 Å². The number of halogens is 1. The first-order valence-electron chi connectivity index (χ1n) is 7.37. The maximum atomic E-state index is 6.38. The second-order valence-corrected chi connectivity index (χ2v) is 7.39. The molecule has 1 aliphatic rings. The maximum Gasteiger partial charge on any atom is 0.145 e. The summed E-state index contributed by atoms with van der Waals surface area (Å²) in [5.41, 5.74) is 1.21. The molecule has 0 bridgehead atoms. The van der Waals surface area contributed by atoms with Crippen LogP contribution in [0.3, 0.4) is 0 Å². The largest absolute Gasteiger partial charge is 0.305 e. The molecule has 3 heterocycles. The van der Waals surface area contributed by atoms with Gasteiger partial charge in [-0.25, -0.2) is 9.97 Å². The molecule has 0 radical (unpaired) electrons. The van der Waals surface area contributed by atoms with E-state index in [0.717, 1.165) is 42.2 Å². The van der Waals surface area contributed by atoms with Crippen molar-refractivity contribution in [3.05, 3.63) is 21.4 Å². The average molecular weight is 325 g/mol.